The molecule has 234 valence electrons. The van der Waals surface area contributed by atoms with E-state index in [9.17, 15) is 29.1 Å². The molecule has 17 heteroatoms. The van der Waals surface area contributed by atoms with E-state index in [0.29, 0.717) is 15.6 Å². The number of β-lactam (4-membered cyclic amide) rings is 2. The average molecular weight is 669 g/mol. The Morgan fingerprint density at radius 1 is 1.16 bits per heavy atom. The van der Waals surface area contributed by atoms with Crippen LogP contribution >= 0.6 is 35.0 Å². The maximum Gasteiger partial charge on any atom is 0.334 e. The van der Waals surface area contributed by atoms with Gasteiger partial charge in [0.15, 0.2) is 12.3 Å². The minimum atomic E-state index is -1.14. The Morgan fingerprint density at radius 3 is 2.39 bits per heavy atom. The van der Waals surface area contributed by atoms with Crippen LogP contribution in [-0.4, -0.2) is 101 Å². The highest BCUT2D eigenvalue weighted by Gasteiger charge is 2.64. The fourth-order valence-corrected chi connectivity index (χ4v) is 7.75. The molecule has 4 fully saturated rings. The van der Waals surface area contributed by atoms with Gasteiger partial charge in [-0.05, 0) is 39.0 Å². The number of carbonyl (C=O) groups is 5. The minimum Gasteiger partial charge on any atom is -0.480 e. The van der Waals surface area contributed by atoms with E-state index in [0.717, 1.165) is 0 Å². The lowest BCUT2D eigenvalue weighted by Crippen LogP contribution is -2.70. The third kappa shape index (κ3) is 5.16. The standard InChI is InChI=1S/C19H17Cl2N3O5S.C8H9NO5/c1-7-10(12(23-29-7)11-8(20)5-4-6-9(11)21)15(25)22-13-16(26)24-14(18(27)28)19(2,3)30-17(13)24;10-2-1-4-7(8(12)13)9-5(11)3-6(9)14-4/h4-6,13-14,17H,1-3H3,(H,22,25)(H,27,28);1,6-7,10H,2-3H2,(H,12,13)/b;4-1-/t13-,14+,17-;6-,7-/m11/s1. The first-order valence-electron chi connectivity index (χ1n) is 13.2. The highest BCUT2D eigenvalue weighted by Crippen LogP contribution is 2.51. The Balaban J connectivity index is 0.000000229. The maximum atomic E-state index is 13.1. The average Bonchev–Trinajstić information content (AvgIpc) is 3.54. The molecule has 4 saturated heterocycles. The molecule has 0 saturated carbocycles. The molecule has 0 spiro atoms. The van der Waals surface area contributed by atoms with E-state index >= 15 is 0 Å². The first kappa shape index (κ1) is 31.6. The van der Waals surface area contributed by atoms with Gasteiger partial charge in [0.2, 0.25) is 11.8 Å². The topological polar surface area (TPSA) is 200 Å². The van der Waals surface area contributed by atoms with E-state index < -0.39 is 58.2 Å². The number of aliphatic carboxylic acids is 2. The SMILES string of the molecule is Cc1onc(-c2c(Cl)cccc2Cl)c1C(=O)N[C@@H]1C(=O)N2[C@@H]1SC(C)(C)[C@@H]2C(=O)O.O=C(O)[C@H]1/C(=C/CO)O[C@@H]2CC(=O)N21. The number of carbonyl (C=O) groups excluding carboxylic acids is 3. The number of ether oxygens (including phenoxy) is 1. The molecule has 4 aliphatic heterocycles. The number of aryl methyl sites for hydroxylation is 1. The highest BCUT2D eigenvalue weighted by atomic mass is 35.5. The number of hydrogen-bond acceptors (Lipinski definition) is 10. The van der Waals surface area contributed by atoms with E-state index in [1.165, 1.54) is 27.6 Å². The number of aromatic nitrogens is 1. The number of thioether (sulfide) groups is 1. The van der Waals surface area contributed by atoms with Crippen molar-refractivity contribution >= 4 is 64.6 Å². The van der Waals surface area contributed by atoms with Crippen molar-refractivity contribution in [3.8, 4) is 11.3 Å². The number of benzene rings is 1. The number of halogens is 2. The van der Waals surface area contributed by atoms with Crippen molar-refractivity contribution in [1.82, 2.24) is 20.3 Å². The van der Waals surface area contributed by atoms with Crippen LogP contribution in [0.2, 0.25) is 10.0 Å². The Bertz CT molecular complexity index is 1590. The van der Waals surface area contributed by atoms with Gasteiger partial charge in [0.25, 0.3) is 5.91 Å². The summed E-state index contributed by atoms with van der Waals surface area (Å²) in [5.41, 5.74) is 0.645. The second-order valence-corrected chi connectivity index (χ2v) is 13.3. The molecular formula is C27H26Cl2N4O10S. The Kier molecular flexibility index (Phi) is 8.35. The lowest BCUT2D eigenvalue weighted by molar-refractivity contribution is -0.163. The summed E-state index contributed by atoms with van der Waals surface area (Å²) in [5.74, 6) is -3.07. The number of aliphatic hydroxyl groups excluding tert-OH is 1. The number of carboxylic acids is 2. The van der Waals surface area contributed by atoms with Crippen LogP contribution in [-0.2, 0) is 23.9 Å². The van der Waals surface area contributed by atoms with E-state index in [-0.39, 0.29) is 41.7 Å². The smallest absolute Gasteiger partial charge is 0.334 e. The van der Waals surface area contributed by atoms with Gasteiger partial charge in [-0.3, -0.25) is 19.3 Å². The molecule has 5 atom stereocenters. The number of amides is 3. The minimum absolute atomic E-state index is 0.119. The van der Waals surface area contributed by atoms with Gasteiger partial charge < -0.3 is 34.8 Å². The van der Waals surface area contributed by atoms with Crippen LogP contribution in [0.25, 0.3) is 11.3 Å². The van der Waals surface area contributed by atoms with Gasteiger partial charge in [-0.2, -0.15) is 0 Å². The number of aliphatic hydroxyl groups is 1. The maximum absolute atomic E-state index is 13.1. The van der Waals surface area contributed by atoms with Crippen molar-refractivity contribution in [1.29, 1.82) is 0 Å². The Hall–Kier alpha value is -3.79. The second-order valence-electron chi connectivity index (χ2n) is 10.7. The van der Waals surface area contributed by atoms with Gasteiger partial charge >= 0.3 is 11.9 Å². The third-order valence-corrected chi connectivity index (χ3v) is 9.75. The molecule has 0 unspecified atom stereocenters. The molecule has 0 bridgehead atoms. The third-order valence-electron chi connectivity index (χ3n) is 7.54. The summed E-state index contributed by atoms with van der Waals surface area (Å²) in [5, 5.41) is 33.8. The number of hydrogen-bond donors (Lipinski definition) is 4. The fraction of sp³-hybridized carbons (Fsp3) is 0.407. The van der Waals surface area contributed by atoms with E-state index in [2.05, 4.69) is 10.5 Å². The molecule has 3 amide bonds. The van der Waals surface area contributed by atoms with Crippen LogP contribution in [0.4, 0.5) is 0 Å². The van der Waals surface area contributed by atoms with Crippen LogP contribution < -0.4 is 5.32 Å². The number of carboxylic acid groups (broad SMARTS) is 2. The lowest BCUT2D eigenvalue weighted by atomic mass is 9.95. The Morgan fingerprint density at radius 2 is 1.82 bits per heavy atom. The summed E-state index contributed by atoms with van der Waals surface area (Å²) in [7, 11) is 0. The first-order chi connectivity index (χ1) is 20.7. The Labute approximate surface area is 263 Å². The van der Waals surface area contributed by atoms with Gasteiger partial charge in [0.1, 0.15) is 40.2 Å². The second kappa shape index (κ2) is 11.6. The fourth-order valence-electron chi connectivity index (χ4n) is 5.55. The van der Waals surface area contributed by atoms with Crippen molar-refractivity contribution < 1.29 is 48.6 Å². The van der Waals surface area contributed by atoms with Gasteiger partial charge in [-0.1, -0.05) is 34.4 Å². The predicted molar refractivity (Wildman–Crippen MR) is 155 cm³/mol. The zero-order chi connectivity index (χ0) is 32.2. The number of nitrogens with zero attached hydrogens (tertiary/aromatic N) is 3. The number of fused-ring (bicyclic) bond motifs is 2. The summed E-state index contributed by atoms with van der Waals surface area (Å²) >= 11 is 13.8. The molecule has 0 radical (unpaired) electrons. The quantitative estimate of drug-likeness (QED) is 0.327. The van der Waals surface area contributed by atoms with Gasteiger partial charge in [0.05, 0.1) is 23.1 Å². The molecule has 0 aliphatic carbocycles. The van der Waals surface area contributed by atoms with Gasteiger partial charge in [-0.15, -0.1) is 11.8 Å². The molecule has 5 heterocycles. The highest BCUT2D eigenvalue weighted by molar-refractivity contribution is 8.01. The van der Waals surface area contributed by atoms with Gasteiger partial charge in [-0.25, -0.2) is 9.59 Å². The number of nitrogens with one attached hydrogen (secondary N) is 1. The van der Waals surface area contributed by atoms with Crippen molar-refractivity contribution in [3.63, 3.8) is 0 Å². The molecule has 14 nitrogen and oxygen atoms in total. The summed E-state index contributed by atoms with van der Waals surface area (Å²) in [6, 6.07) is 2.03. The van der Waals surface area contributed by atoms with Crippen LogP contribution in [0.3, 0.4) is 0 Å². The molecule has 44 heavy (non-hydrogen) atoms. The van der Waals surface area contributed by atoms with Crippen molar-refractivity contribution in [2.45, 2.75) is 61.7 Å². The van der Waals surface area contributed by atoms with Gasteiger partial charge in [0, 0.05) is 10.3 Å². The summed E-state index contributed by atoms with van der Waals surface area (Å²) in [6.45, 7) is 4.80. The zero-order valence-corrected chi connectivity index (χ0v) is 25.6. The molecule has 6 rings (SSSR count). The number of rotatable bonds is 6. The van der Waals surface area contributed by atoms with E-state index in [1.54, 1.807) is 39.0 Å². The predicted octanol–water partition coefficient (Wildman–Crippen LogP) is 2.11. The van der Waals surface area contributed by atoms with Crippen molar-refractivity contribution in [2.24, 2.45) is 0 Å². The molecule has 4 N–H and O–H groups in total. The normalized spacial score (nSPS) is 27.0. The van der Waals surface area contributed by atoms with Crippen molar-refractivity contribution in [2.75, 3.05) is 6.61 Å². The zero-order valence-electron chi connectivity index (χ0n) is 23.3. The van der Waals surface area contributed by atoms with Crippen molar-refractivity contribution in [3.05, 3.63) is 51.4 Å². The molecular weight excluding hydrogens is 643 g/mol. The van der Waals surface area contributed by atoms with Crippen LogP contribution in [0, 0.1) is 6.92 Å². The van der Waals surface area contributed by atoms with Crippen LogP contribution in [0.15, 0.2) is 34.6 Å². The molecule has 1 aromatic heterocycles. The van der Waals surface area contributed by atoms with E-state index in [4.69, 9.17) is 42.7 Å². The molecule has 4 aliphatic rings. The monoisotopic (exact) mass is 668 g/mol. The van der Waals surface area contributed by atoms with Crippen LogP contribution in [0.1, 0.15) is 36.4 Å². The summed E-state index contributed by atoms with van der Waals surface area (Å²) < 4.78 is 9.69. The van der Waals surface area contributed by atoms with E-state index in [1.807, 2.05) is 0 Å². The summed E-state index contributed by atoms with van der Waals surface area (Å²) in [6.07, 6.45) is 1.03. The largest absolute Gasteiger partial charge is 0.480 e. The first-order valence-corrected chi connectivity index (χ1v) is 14.8. The molecule has 2 aromatic rings. The molecule has 1 aromatic carbocycles. The van der Waals surface area contributed by atoms with Crippen LogP contribution in [0.5, 0.6) is 0 Å². The lowest BCUT2D eigenvalue weighted by Gasteiger charge is -2.43. The summed E-state index contributed by atoms with van der Waals surface area (Å²) in [4.78, 5) is 61.7.